The minimum absolute atomic E-state index is 0.877. The Morgan fingerprint density at radius 1 is 0.220 bits per heavy atom. The summed E-state index contributed by atoms with van der Waals surface area (Å²) in [5.74, 6) is 0. The van der Waals surface area contributed by atoms with Gasteiger partial charge in [-0.25, -0.2) is 0 Å². The minimum Gasteiger partial charge on any atom is -0.456 e. The number of hydrogen-bond acceptors (Lipinski definition) is 3. The largest absolute Gasteiger partial charge is 0.456 e. The van der Waals surface area contributed by atoms with Gasteiger partial charge < -0.3 is 13.3 Å². The second kappa shape index (κ2) is 12.3. The molecule has 3 aromatic heterocycles. The molecule has 0 aliphatic rings. The highest BCUT2D eigenvalue weighted by molar-refractivity contribution is 6.25. The molecule has 0 spiro atoms. The molecule has 0 bridgehead atoms. The van der Waals surface area contributed by atoms with Crippen LogP contribution in [0.3, 0.4) is 0 Å². The van der Waals surface area contributed by atoms with Gasteiger partial charge >= 0.3 is 0 Å². The van der Waals surface area contributed by atoms with Crippen molar-refractivity contribution in [1.29, 1.82) is 0 Å². The van der Waals surface area contributed by atoms with Crippen molar-refractivity contribution in [3.8, 4) is 44.5 Å². The monoisotopic (exact) mass is 752 g/mol. The van der Waals surface area contributed by atoms with E-state index in [1.165, 1.54) is 32.7 Å². The van der Waals surface area contributed by atoms with Crippen LogP contribution in [0.4, 0.5) is 0 Å². The summed E-state index contributed by atoms with van der Waals surface area (Å²) < 4.78 is 19.4. The number of hydrogen-bond donors (Lipinski definition) is 0. The molecule has 0 unspecified atom stereocenters. The van der Waals surface area contributed by atoms with E-state index in [1.54, 1.807) is 0 Å². The second-order valence-corrected chi connectivity index (χ2v) is 15.5. The highest BCUT2D eigenvalue weighted by atomic mass is 16.3. The van der Waals surface area contributed by atoms with Crippen molar-refractivity contribution in [2.45, 2.75) is 0 Å². The van der Waals surface area contributed by atoms with Crippen molar-refractivity contribution in [3.05, 3.63) is 194 Å². The van der Waals surface area contributed by atoms with Gasteiger partial charge in [-0.3, -0.25) is 0 Å². The molecule has 0 aliphatic carbocycles. The zero-order chi connectivity index (χ0) is 38.6. The third-order valence-electron chi connectivity index (χ3n) is 12.3. The van der Waals surface area contributed by atoms with E-state index in [0.717, 1.165) is 99.2 Å². The molecule has 3 heteroatoms. The molecule has 0 saturated carbocycles. The van der Waals surface area contributed by atoms with E-state index in [1.807, 2.05) is 30.3 Å². The lowest BCUT2D eigenvalue weighted by Crippen LogP contribution is -1.95. The molecular formula is C56H32O3. The smallest absolute Gasteiger partial charge is 0.143 e. The first-order chi connectivity index (χ1) is 29.3. The van der Waals surface area contributed by atoms with Crippen molar-refractivity contribution in [3.63, 3.8) is 0 Å². The van der Waals surface area contributed by atoms with E-state index in [0.29, 0.717) is 0 Å². The molecule has 0 saturated heterocycles. The second-order valence-electron chi connectivity index (χ2n) is 15.5. The Labute approximate surface area is 337 Å². The van der Waals surface area contributed by atoms with Crippen LogP contribution in [-0.2, 0) is 0 Å². The fourth-order valence-electron chi connectivity index (χ4n) is 9.73. The molecule has 0 aliphatic heterocycles. The molecular weight excluding hydrogens is 721 g/mol. The lowest BCUT2D eigenvalue weighted by molar-refractivity contribution is 0.668. The van der Waals surface area contributed by atoms with Crippen LogP contribution >= 0.6 is 0 Å². The molecule has 3 heterocycles. The molecule has 0 amide bonds. The maximum Gasteiger partial charge on any atom is 0.143 e. The van der Waals surface area contributed by atoms with Crippen molar-refractivity contribution in [2.75, 3.05) is 0 Å². The van der Waals surface area contributed by atoms with Crippen molar-refractivity contribution >= 4 is 87.4 Å². The van der Waals surface area contributed by atoms with Crippen molar-refractivity contribution < 1.29 is 13.3 Å². The maximum atomic E-state index is 6.76. The number of fused-ring (bicyclic) bond motifs is 11. The van der Waals surface area contributed by atoms with Crippen LogP contribution in [0, 0.1) is 0 Å². The Hall–Kier alpha value is -7.88. The average molecular weight is 753 g/mol. The van der Waals surface area contributed by atoms with Crippen LogP contribution in [0.25, 0.3) is 132 Å². The van der Waals surface area contributed by atoms with Crippen molar-refractivity contribution in [1.82, 2.24) is 0 Å². The molecule has 3 nitrogen and oxygen atoms in total. The molecule has 13 rings (SSSR count). The van der Waals surface area contributed by atoms with E-state index >= 15 is 0 Å². The molecule has 10 aromatic carbocycles. The summed E-state index contributed by atoms with van der Waals surface area (Å²) in [5, 5.41) is 11.4. The lowest BCUT2D eigenvalue weighted by Gasteiger charge is -2.22. The summed E-state index contributed by atoms with van der Waals surface area (Å²) >= 11 is 0. The topological polar surface area (TPSA) is 39.4 Å². The van der Waals surface area contributed by atoms with E-state index in [-0.39, 0.29) is 0 Å². The van der Waals surface area contributed by atoms with E-state index < -0.39 is 0 Å². The molecule has 13 aromatic rings. The maximum absolute atomic E-state index is 6.76. The van der Waals surface area contributed by atoms with E-state index in [4.69, 9.17) is 13.3 Å². The molecule has 0 radical (unpaired) electrons. The van der Waals surface area contributed by atoms with Crippen molar-refractivity contribution in [2.24, 2.45) is 0 Å². The van der Waals surface area contributed by atoms with E-state index in [9.17, 15) is 0 Å². The van der Waals surface area contributed by atoms with Gasteiger partial charge in [0.1, 0.15) is 33.5 Å². The number of furan rings is 3. The quantitative estimate of drug-likeness (QED) is 0.168. The van der Waals surface area contributed by atoms with Crippen LogP contribution < -0.4 is 0 Å². The Bertz CT molecular complexity index is 3800. The first-order valence-corrected chi connectivity index (χ1v) is 20.1. The molecule has 59 heavy (non-hydrogen) atoms. The fraction of sp³-hybridized carbons (Fsp3) is 0. The van der Waals surface area contributed by atoms with E-state index in [2.05, 4.69) is 164 Å². The van der Waals surface area contributed by atoms with Gasteiger partial charge in [-0.15, -0.1) is 0 Å². The van der Waals surface area contributed by atoms with Crippen LogP contribution in [0.2, 0.25) is 0 Å². The highest BCUT2D eigenvalue weighted by Gasteiger charge is 2.24. The number of para-hydroxylation sites is 4. The molecule has 274 valence electrons. The Balaban J connectivity index is 1.16. The molecule has 0 fully saturated rings. The first kappa shape index (κ1) is 32.2. The average Bonchev–Trinajstić information content (AvgIpc) is 3.99. The third kappa shape index (κ3) is 4.70. The van der Waals surface area contributed by atoms with Crippen LogP contribution in [0.5, 0.6) is 0 Å². The zero-order valence-electron chi connectivity index (χ0n) is 31.7. The van der Waals surface area contributed by atoms with Gasteiger partial charge in [0.2, 0.25) is 0 Å². The fourth-order valence-corrected chi connectivity index (χ4v) is 9.73. The van der Waals surface area contributed by atoms with Gasteiger partial charge in [0.15, 0.2) is 0 Å². The molecule has 0 atom stereocenters. The molecule has 0 N–H and O–H groups in total. The van der Waals surface area contributed by atoms with Gasteiger partial charge in [0.25, 0.3) is 0 Å². The van der Waals surface area contributed by atoms with Crippen LogP contribution in [0.15, 0.2) is 207 Å². The predicted molar refractivity (Wildman–Crippen MR) is 245 cm³/mol. The predicted octanol–water partition coefficient (Wildman–Crippen LogP) is 16.4. The summed E-state index contributed by atoms with van der Waals surface area (Å²) in [6.45, 7) is 0. The standard InChI is InChI=1S/C56H32O3/c1-3-18-41-39(16-1)53(34-28-30-52-47(32-34)38-15-7-9-25-49(38)58-52)40-17-2-4-19-42(40)55(41)54-35(33-27-29-51-46(31-33)37-14-6-8-24-48(37)57-51)20-11-21-43(54)45-23-12-22-44-36-13-5-10-26-50(36)59-56(44)45/h1-32H. The van der Waals surface area contributed by atoms with Gasteiger partial charge in [0, 0.05) is 37.9 Å². The summed E-state index contributed by atoms with van der Waals surface area (Å²) in [4.78, 5) is 0. The van der Waals surface area contributed by atoms with Crippen LogP contribution in [0.1, 0.15) is 0 Å². The number of benzene rings is 10. The Morgan fingerprint density at radius 2 is 0.627 bits per heavy atom. The van der Waals surface area contributed by atoms with Crippen LogP contribution in [-0.4, -0.2) is 0 Å². The Kier molecular flexibility index (Phi) is 6.72. The lowest BCUT2D eigenvalue weighted by atomic mass is 9.80. The SMILES string of the molecule is c1cc(-c2ccc3oc4ccccc4c3c2)c(-c2c3ccccc3c(-c3ccc4oc5ccccc5c4c3)c3ccccc23)c(-c2cccc3c2oc2ccccc23)c1. The number of rotatable bonds is 4. The highest BCUT2D eigenvalue weighted by Crippen LogP contribution is 2.51. The van der Waals surface area contributed by atoms with Gasteiger partial charge in [-0.1, -0.05) is 152 Å². The normalized spacial score (nSPS) is 12.1. The van der Waals surface area contributed by atoms with Gasteiger partial charge in [-0.2, -0.15) is 0 Å². The summed E-state index contributed by atoms with van der Waals surface area (Å²) in [7, 11) is 0. The third-order valence-corrected chi connectivity index (χ3v) is 12.3. The summed E-state index contributed by atoms with van der Waals surface area (Å²) in [6.07, 6.45) is 0. The summed E-state index contributed by atoms with van der Waals surface area (Å²) in [5.41, 5.74) is 14.4. The first-order valence-electron chi connectivity index (χ1n) is 20.1. The summed E-state index contributed by atoms with van der Waals surface area (Å²) in [6, 6.07) is 69.3. The zero-order valence-corrected chi connectivity index (χ0v) is 31.7. The Morgan fingerprint density at radius 3 is 1.24 bits per heavy atom. The van der Waals surface area contributed by atoms with Gasteiger partial charge in [0.05, 0.1) is 0 Å². The minimum atomic E-state index is 0.877. The van der Waals surface area contributed by atoms with Gasteiger partial charge in [-0.05, 0) is 103 Å².